The van der Waals surface area contributed by atoms with Crippen LogP contribution in [0.5, 0.6) is 5.75 Å². The second kappa shape index (κ2) is 9.72. The molecule has 0 fully saturated rings. The molecule has 0 aliphatic rings. The number of nitrogens with zero attached hydrogens (tertiary/aromatic N) is 3. The quantitative estimate of drug-likeness (QED) is 0.578. The summed E-state index contributed by atoms with van der Waals surface area (Å²) in [7, 11) is 3.07. The minimum atomic E-state index is -0.533. The number of hydrogen-bond acceptors (Lipinski definition) is 4. The molecule has 2 N–H and O–H groups in total. The molecule has 3 rings (SSSR count). The number of carbonyl (C=O) groups is 2. The summed E-state index contributed by atoms with van der Waals surface area (Å²) in [4.78, 5) is 26.3. The standard InChI is InChI=1S/C24H28FN5O3/c1-24(2,3)20-14-21(30(28-20)18-9-11-19(33-5)12-10-18)27-22(31)15-29(4)23(32)26-17-8-6-7-16(25)13-17/h6-14H,15H2,1-5H3,(H,26,32)(H,27,31). The number of aromatic nitrogens is 2. The van der Waals surface area contributed by atoms with Crippen LogP contribution in [-0.4, -0.2) is 47.3 Å². The lowest BCUT2D eigenvalue weighted by atomic mass is 9.92. The minimum Gasteiger partial charge on any atom is -0.497 e. The molecule has 0 aliphatic carbocycles. The Morgan fingerprint density at radius 3 is 2.39 bits per heavy atom. The van der Waals surface area contributed by atoms with Crippen molar-refractivity contribution in [1.82, 2.24) is 14.7 Å². The first-order chi connectivity index (χ1) is 15.6. The molecule has 1 heterocycles. The zero-order valence-corrected chi connectivity index (χ0v) is 19.3. The highest BCUT2D eigenvalue weighted by molar-refractivity contribution is 5.96. The molecule has 0 spiro atoms. The molecule has 0 atom stereocenters. The van der Waals surface area contributed by atoms with Crippen molar-refractivity contribution in [3.8, 4) is 11.4 Å². The van der Waals surface area contributed by atoms with E-state index >= 15 is 0 Å². The van der Waals surface area contributed by atoms with Crippen LogP contribution >= 0.6 is 0 Å². The largest absolute Gasteiger partial charge is 0.497 e. The molecule has 3 aromatic rings. The summed E-state index contributed by atoms with van der Waals surface area (Å²) in [6.07, 6.45) is 0. The smallest absolute Gasteiger partial charge is 0.322 e. The van der Waals surface area contributed by atoms with Crippen molar-refractivity contribution in [3.05, 3.63) is 66.1 Å². The molecule has 8 nitrogen and oxygen atoms in total. The summed E-state index contributed by atoms with van der Waals surface area (Å²) in [5.74, 6) is 0.323. The number of urea groups is 1. The number of nitrogens with one attached hydrogen (secondary N) is 2. The molecule has 1 aromatic heterocycles. The third-order valence-corrected chi connectivity index (χ3v) is 4.87. The van der Waals surface area contributed by atoms with Crippen molar-refractivity contribution < 1.29 is 18.7 Å². The predicted octanol–water partition coefficient (Wildman–Crippen LogP) is 4.42. The van der Waals surface area contributed by atoms with Gasteiger partial charge in [-0.3, -0.25) is 4.79 Å². The molecule has 174 valence electrons. The van der Waals surface area contributed by atoms with Gasteiger partial charge in [0.05, 0.1) is 18.5 Å². The molecule has 0 bridgehead atoms. The monoisotopic (exact) mass is 453 g/mol. The number of hydrogen-bond donors (Lipinski definition) is 2. The van der Waals surface area contributed by atoms with Gasteiger partial charge in [-0.15, -0.1) is 0 Å². The first kappa shape index (κ1) is 23.8. The van der Waals surface area contributed by atoms with Gasteiger partial charge < -0.3 is 20.3 Å². The van der Waals surface area contributed by atoms with Crippen molar-refractivity contribution in [3.63, 3.8) is 0 Å². The third kappa shape index (κ3) is 6.09. The zero-order chi connectivity index (χ0) is 24.2. The lowest BCUT2D eigenvalue weighted by Gasteiger charge is -2.18. The number of halogens is 1. The first-order valence-electron chi connectivity index (χ1n) is 10.4. The van der Waals surface area contributed by atoms with E-state index < -0.39 is 17.8 Å². The molecule has 0 saturated heterocycles. The number of methoxy groups -OCH3 is 1. The van der Waals surface area contributed by atoms with Crippen LogP contribution in [0.2, 0.25) is 0 Å². The van der Waals surface area contributed by atoms with Crippen molar-refractivity contribution in [1.29, 1.82) is 0 Å². The number of likely N-dealkylation sites (N-methyl/N-ethyl adjacent to an activating group) is 1. The third-order valence-electron chi connectivity index (χ3n) is 4.87. The number of rotatable bonds is 6. The van der Waals surface area contributed by atoms with E-state index in [1.165, 1.54) is 30.1 Å². The summed E-state index contributed by atoms with van der Waals surface area (Å²) in [5, 5.41) is 10.1. The number of ether oxygens (including phenoxy) is 1. The van der Waals surface area contributed by atoms with Crippen LogP contribution in [0, 0.1) is 5.82 Å². The van der Waals surface area contributed by atoms with Gasteiger partial charge in [-0.25, -0.2) is 13.9 Å². The normalized spacial score (nSPS) is 11.1. The molecule has 0 unspecified atom stereocenters. The average molecular weight is 454 g/mol. The topological polar surface area (TPSA) is 88.5 Å². The van der Waals surface area contributed by atoms with E-state index in [0.717, 1.165) is 11.4 Å². The van der Waals surface area contributed by atoms with E-state index in [1.54, 1.807) is 17.9 Å². The summed E-state index contributed by atoms with van der Waals surface area (Å²) in [6.45, 7) is 5.89. The van der Waals surface area contributed by atoms with Crippen LogP contribution in [0.15, 0.2) is 54.6 Å². The predicted molar refractivity (Wildman–Crippen MR) is 125 cm³/mol. The Labute approximate surface area is 192 Å². The number of benzene rings is 2. The fourth-order valence-corrected chi connectivity index (χ4v) is 3.01. The second-order valence-corrected chi connectivity index (χ2v) is 8.62. The van der Waals surface area contributed by atoms with Crippen molar-refractivity contribution in [2.75, 3.05) is 31.3 Å². The van der Waals surface area contributed by atoms with Crippen LogP contribution in [0.3, 0.4) is 0 Å². The molecule has 0 radical (unpaired) electrons. The summed E-state index contributed by atoms with van der Waals surface area (Å²) in [5.41, 5.74) is 1.61. The maximum Gasteiger partial charge on any atom is 0.322 e. The molecular formula is C24H28FN5O3. The van der Waals surface area contributed by atoms with Gasteiger partial charge in [0.1, 0.15) is 23.9 Å². The SMILES string of the molecule is COc1ccc(-n2nc(C(C)(C)C)cc2NC(=O)CN(C)C(=O)Nc2cccc(F)c2)cc1. The van der Waals surface area contributed by atoms with E-state index in [9.17, 15) is 14.0 Å². The maximum atomic E-state index is 13.3. The highest BCUT2D eigenvalue weighted by atomic mass is 19.1. The van der Waals surface area contributed by atoms with Crippen molar-refractivity contribution >= 4 is 23.4 Å². The van der Waals surface area contributed by atoms with Crippen molar-refractivity contribution in [2.24, 2.45) is 0 Å². The molecule has 0 saturated carbocycles. The first-order valence-corrected chi connectivity index (χ1v) is 10.4. The Morgan fingerprint density at radius 2 is 1.79 bits per heavy atom. The van der Waals surface area contributed by atoms with Gasteiger partial charge in [0.2, 0.25) is 5.91 Å². The molecular weight excluding hydrogens is 425 g/mol. The van der Waals surface area contributed by atoms with Gasteiger partial charge in [0.15, 0.2) is 0 Å². The molecule has 33 heavy (non-hydrogen) atoms. The average Bonchev–Trinajstić information content (AvgIpc) is 3.18. The van der Waals surface area contributed by atoms with E-state index in [2.05, 4.69) is 15.7 Å². The summed E-state index contributed by atoms with van der Waals surface area (Å²) >= 11 is 0. The summed E-state index contributed by atoms with van der Waals surface area (Å²) in [6, 6.07) is 14.1. The zero-order valence-electron chi connectivity index (χ0n) is 19.3. The molecule has 0 aliphatic heterocycles. The molecule has 9 heteroatoms. The van der Waals surface area contributed by atoms with Crippen LogP contribution in [0.25, 0.3) is 5.69 Å². The number of anilines is 2. The Kier molecular flexibility index (Phi) is 7.01. The van der Waals surface area contributed by atoms with Gasteiger partial charge in [-0.1, -0.05) is 26.8 Å². The lowest BCUT2D eigenvalue weighted by Crippen LogP contribution is -2.37. The molecule has 3 amide bonds. The van der Waals surface area contributed by atoms with Gasteiger partial charge in [-0.05, 0) is 42.5 Å². The van der Waals surface area contributed by atoms with E-state index in [-0.39, 0.29) is 12.0 Å². The summed E-state index contributed by atoms with van der Waals surface area (Å²) < 4.78 is 20.2. The van der Waals surface area contributed by atoms with Gasteiger partial charge in [0, 0.05) is 24.2 Å². The van der Waals surface area contributed by atoms with Gasteiger partial charge >= 0.3 is 6.03 Å². The lowest BCUT2D eigenvalue weighted by molar-refractivity contribution is -0.116. The number of carbonyl (C=O) groups excluding carboxylic acids is 2. The molecule has 2 aromatic carbocycles. The highest BCUT2D eigenvalue weighted by Crippen LogP contribution is 2.27. The van der Waals surface area contributed by atoms with Crippen LogP contribution in [0.4, 0.5) is 20.7 Å². The van der Waals surface area contributed by atoms with Crippen molar-refractivity contribution in [2.45, 2.75) is 26.2 Å². The van der Waals surface area contributed by atoms with E-state index in [1.807, 2.05) is 51.1 Å². The van der Waals surface area contributed by atoms with Crippen LogP contribution in [0.1, 0.15) is 26.5 Å². The Balaban J connectivity index is 1.74. The van der Waals surface area contributed by atoms with Gasteiger partial charge in [0.25, 0.3) is 0 Å². The van der Waals surface area contributed by atoms with Crippen LogP contribution < -0.4 is 15.4 Å². The Bertz CT molecular complexity index is 1140. The van der Waals surface area contributed by atoms with Crippen LogP contribution in [-0.2, 0) is 10.2 Å². The number of amides is 3. The van der Waals surface area contributed by atoms with E-state index in [4.69, 9.17) is 4.74 Å². The Hall–Kier alpha value is -3.88. The van der Waals surface area contributed by atoms with E-state index in [0.29, 0.717) is 17.3 Å². The fourth-order valence-electron chi connectivity index (χ4n) is 3.01. The maximum absolute atomic E-state index is 13.3. The van der Waals surface area contributed by atoms with Gasteiger partial charge in [-0.2, -0.15) is 5.10 Å². The second-order valence-electron chi connectivity index (χ2n) is 8.62. The Morgan fingerprint density at radius 1 is 1.09 bits per heavy atom. The fraction of sp³-hybridized carbons (Fsp3) is 0.292. The minimum absolute atomic E-state index is 0.209. The highest BCUT2D eigenvalue weighted by Gasteiger charge is 2.22.